The molecule has 4 N–H and O–H groups in total. The molecule has 6 rings (SSSR count). The minimum atomic E-state index is -1.65. The van der Waals surface area contributed by atoms with Gasteiger partial charge >= 0.3 is 6.09 Å². The highest BCUT2D eigenvalue weighted by Crippen LogP contribution is 2.69. The molecular weight excluding hydrogens is 496 g/mol. The van der Waals surface area contributed by atoms with E-state index in [0.29, 0.717) is 31.4 Å². The fraction of sp³-hybridized carbons (Fsp3) is 0.613. The molecule has 0 saturated heterocycles. The molecule has 8 heteroatoms. The number of nitrogens with one attached hydrogen (secondary N) is 2. The van der Waals surface area contributed by atoms with Crippen LogP contribution < -0.4 is 5.32 Å². The van der Waals surface area contributed by atoms with Crippen LogP contribution in [0.15, 0.2) is 35.9 Å². The molecule has 1 amide bonds. The molecule has 7 atom stereocenters. The average Bonchev–Trinajstić information content (AvgIpc) is 3.38. The van der Waals surface area contributed by atoms with E-state index in [2.05, 4.69) is 36.3 Å². The number of hydrogen-bond acceptors (Lipinski definition) is 6. The number of carbonyl (C=O) groups is 2. The minimum Gasteiger partial charge on any atom is -0.443 e. The fourth-order valence-corrected chi connectivity index (χ4v) is 8.36. The van der Waals surface area contributed by atoms with Crippen molar-refractivity contribution in [2.45, 2.75) is 102 Å². The third kappa shape index (κ3) is 3.47. The first-order valence-electron chi connectivity index (χ1n) is 14.3. The van der Waals surface area contributed by atoms with Gasteiger partial charge in [0.25, 0.3) is 0 Å². The van der Waals surface area contributed by atoms with Crippen LogP contribution in [0, 0.1) is 11.3 Å². The maximum atomic E-state index is 13.3. The second kappa shape index (κ2) is 8.66. The largest absolute Gasteiger partial charge is 0.443 e. The van der Waals surface area contributed by atoms with Crippen LogP contribution in [0.1, 0.15) is 71.6 Å². The molecule has 2 fully saturated rings. The number of benzene rings is 1. The van der Waals surface area contributed by atoms with Gasteiger partial charge in [-0.3, -0.25) is 4.79 Å². The lowest BCUT2D eigenvalue weighted by Gasteiger charge is -2.66. The molecule has 1 aromatic heterocycles. The number of aromatic amines is 1. The van der Waals surface area contributed by atoms with E-state index in [9.17, 15) is 19.8 Å². The smallest absolute Gasteiger partial charge is 0.407 e. The summed E-state index contributed by atoms with van der Waals surface area (Å²) in [6.07, 6.45) is 1.66. The molecule has 210 valence electrons. The molecule has 0 unspecified atom stereocenters. The number of carbonyl (C=O) groups excluding carboxylic acids is 2. The Labute approximate surface area is 229 Å². The van der Waals surface area contributed by atoms with Crippen molar-refractivity contribution in [1.82, 2.24) is 10.3 Å². The summed E-state index contributed by atoms with van der Waals surface area (Å²) in [4.78, 5) is 29.9. The standard InChI is InChI=1S/C31H40N2O6/c1-6-13-32-27(35)39-24-15-17-14-19-18-9-7-8-10-21(18)33-25(19)30(17,5)29(4)12-11-23-20(31(24,29)37)16-22(34)26(38-23)28(2,3)36/h7-10,16-17,23-24,26,33,36-37H,6,11-15H2,1-5H3,(H,32,35)/t17-,23+,24+,26+,29-,30-,31+/m1/s1. The van der Waals surface area contributed by atoms with E-state index in [1.54, 1.807) is 13.8 Å². The number of aromatic nitrogens is 1. The lowest BCUT2D eigenvalue weighted by molar-refractivity contribution is -0.233. The summed E-state index contributed by atoms with van der Waals surface area (Å²) < 4.78 is 12.3. The highest BCUT2D eigenvalue weighted by atomic mass is 16.6. The third-order valence-electron chi connectivity index (χ3n) is 10.5. The molecule has 0 spiro atoms. The molecule has 2 heterocycles. The first-order chi connectivity index (χ1) is 18.4. The quantitative estimate of drug-likeness (QED) is 0.468. The lowest BCUT2D eigenvalue weighted by Crippen LogP contribution is -2.73. The highest BCUT2D eigenvalue weighted by Gasteiger charge is 2.74. The van der Waals surface area contributed by atoms with Gasteiger partial charge in [-0.15, -0.1) is 0 Å². The van der Waals surface area contributed by atoms with Gasteiger partial charge in [-0.05, 0) is 75.1 Å². The fourth-order valence-electron chi connectivity index (χ4n) is 8.36. The number of para-hydroxylation sites is 1. The van der Waals surface area contributed by atoms with Crippen molar-refractivity contribution in [1.29, 1.82) is 0 Å². The van der Waals surface area contributed by atoms with Gasteiger partial charge in [-0.2, -0.15) is 0 Å². The average molecular weight is 537 g/mol. The van der Waals surface area contributed by atoms with E-state index in [-0.39, 0.29) is 11.7 Å². The van der Waals surface area contributed by atoms with Crippen LogP contribution in [0.25, 0.3) is 10.9 Å². The number of ether oxygens (including phenoxy) is 2. The van der Waals surface area contributed by atoms with Crippen molar-refractivity contribution in [3.63, 3.8) is 0 Å². The Kier molecular flexibility index (Phi) is 5.89. The van der Waals surface area contributed by atoms with Crippen LogP contribution in [0.2, 0.25) is 0 Å². The van der Waals surface area contributed by atoms with E-state index < -0.39 is 46.4 Å². The van der Waals surface area contributed by atoms with Gasteiger partial charge in [0.1, 0.15) is 17.8 Å². The van der Waals surface area contributed by atoms with E-state index in [1.807, 2.05) is 19.1 Å². The van der Waals surface area contributed by atoms with Crippen molar-refractivity contribution in [2.75, 3.05) is 6.54 Å². The summed E-state index contributed by atoms with van der Waals surface area (Å²) in [5, 5.41) is 27.6. The maximum absolute atomic E-state index is 13.3. The number of alkyl carbamates (subject to hydrolysis) is 1. The van der Waals surface area contributed by atoms with Gasteiger partial charge in [0.2, 0.25) is 0 Å². The van der Waals surface area contributed by atoms with Crippen LogP contribution in [0.4, 0.5) is 4.79 Å². The molecule has 0 bridgehead atoms. The van der Waals surface area contributed by atoms with Crippen molar-refractivity contribution in [3.8, 4) is 0 Å². The van der Waals surface area contributed by atoms with E-state index in [4.69, 9.17) is 9.47 Å². The molecular formula is C31H40N2O6. The zero-order valence-electron chi connectivity index (χ0n) is 23.5. The summed E-state index contributed by atoms with van der Waals surface area (Å²) in [6.45, 7) is 9.87. The molecule has 4 aliphatic rings. The van der Waals surface area contributed by atoms with E-state index >= 15 is 0 Å². The van der Waals surface area contributed by atoms with Gasteiger partial charge in [-0.25, -0.2) is 4.79 Å². The first kappa shape index (κ1) is 26.5. The van der Waals surface area contributed by atoms with Crippen LogP contribution in [-0.4, -0.2) is 63.1 Å². The number of hydrogen-bond donors (Lipinski definition) is 4. The number of H-pyrrole nitrogens is 1. The van der Waals surface area contributed by atoms with Gasteiger partial charge in [-0.1, -0.05) is 39.0 Å². The molecule has 8 nitrogen and oxygen atoms in total. The zero-order valence-corrected chi connectivity index (χ0v) is 23.5. The van der Waals surface area contributed by atoms with Crippen LogP contribution in [-0.2, 0) is 26.1 Å². The van der Waals surface area contributed by atoms with Crippen molar-refractivity contribution in [3.05, 3.63) is 47.2 Å². The molecule has 3 aliphatic carbocycles. The van der Waals surface area contributed by atoms with Crippen molar-refractivity contribution >= 4 is 22.8 Å². The Hall–Kier alpha value is -2.68. The van der Waals surface area contributed by atoms with Crippen molar-refractivity contribution < 1.29 is 29.3 Å². The van der Waals surface area contributed by atoms with Gasteiger partial charge < -0.3 is 30.0 Å². The Morgan fingerprint density at radius 3 is 2.74 bits per heavy atom. The highest BCUT2D eigenvalue weighted by molar-refractivity contribution is 5.96. The zero-order chi connectivity index (χ0) is 28.0. The molecule has 1 aliphatic heterocycles. The summed E-state index contributed by atoms with van der Waals surface area (Å²) in [5.41, 5.74) is -0.359. The Balaban J connectivity index is 1.51. The number of rotatable bonds is 4. The summed E-state index contributed by atoms with van der Waals surface area (Å²) >= 11 is 0. The monoisotopic (exact) mass is 536 g/mol. The molecule has 39 heavy (non-hydrogen) atoms. The minimum absolute atomic E-state index is 0.124. The lowest BCUT2D eigenvalue weighted by atomic mass is 9.41. The van der Waals surface area contributed by atoms with Crippen molar-refractivity contribution in [2.24, 2.45) is 11.3 Å². The molecule has 2 aromatic rings. The molecule has 0 radical (unpaired) electrons. The number of fused-ring (bicyclic) bond motifs is 9. The van der Waals surface area contributed by atoms with Crippen LogP contribution in [0.5, 0.6) is 0 Å². The summed E-state index contributed by atoms with van der Waals surface area (Å²) in [5.74, 6) is -0.260. The van der Waals surface area contributed by atoms with Gasteiger partial charge in [0, 0.05) is 34.0 Å². The van der Waals surface area contributed by atoms with E-state index in [1.165, 1.54) is 17.0 Å². The Morgan fingerprint density at radius 2 is 2.03 bits per heavy atom. The first-order valence-corrected chi connectivity index (χ1v) is 14.3. The SMILES string of the molecule is CCCNC(=O)O[C@H]1C[C@H]2Cc3c([nH]c4ccccc34)[C@]2(C)[C@@]2(C)CC[C@@H]3O[C@H](C(C)(C)O)C(=O)C=C3[C@]12O. The van der Waals surface area contributed by atoms with Gasteiger partial charge in [0.15, 0.2) is 5.78 Å². The Morgan fingerprint density at radius 1 is 1.28 bits per heavy atom. The van der Waals surface area contributed by atoms with Gasteiger partial charge in [0.05, 0.1) is 11.7 Å². The molecule has 1 aromatic carbocycles. The predicted octanol–water partition coefficient (Wildman–Crippen LogP) is 4.07. The maximum Gasteiger partial charge on any atom is 0.407 e. The van der Waals surface area contributed by atoms with E-state index in [0.717, 1.165) is 24.1 Å². The Bertz CT molecular complexity index is 1370. The van der Waals surface area contributed by atoms with Crippen LogP contribution >= 0.6 is 0 Å². The third-order valence-corrected chi connectivity index (χ3v) is 10.5. The number of amides is 1. The number of ketones is 1. The summed E-state index contributed by atoms with van der Waals surface area (Å²) in [6, 6.07) is 8.28. The molecule has 2 saturated carbocycles. The second-order valence-electron chi connectivity index (χ2n) is 13.0. The topological polar surface area (TPSA) is 121 Å². The summed E-state index contributed by atoms with van der Waals surface area (Å²) in [7, 11) is 0. The normalized spacial score (nSPS) is 37.4. The van der Waals surface area contributed by atoms with Crippen LogP contribution in [0.3, 0.4) is 0 Å². The number of aliphatic hydroxyl groups is 2. The predicted molar refractivity (Wildman–Crippen MR) is 146 cm³/mol. The second-order valence-corrected chi connectivity index (χ2v) is 13.0.